The van der Waals surface area contributed by atoms with Crippen LogP contribution in [0.15, 0.2) is 41.3 Å². The van der Waals surface area contributed by atoms with E-state index in [0.29, 0.717) is 17.1 Å². The van der Waals surface area contributed by atoms with Gasteiger partial charge in [-0.05, 0) is 43.2 Å². The summed E-state index contributed by atoms with van der Waals surface area (Å²) in [5.41, 5.74) is 1.77. The van der Waals surface area contributed by atoms with Crippen LogP contribution in [0.25, 0.3) is 5.65 Å². The maximum atomic E-state index is 11.4. The van der Waals surface area contributed by atoms with E-state index in [1.807, 2.05) is 31.2 Å². The van der Waals surface area contributed by atoms with Crippen molar-refractivity contribution in [2.24, 2.45) is 0 Å². The first-order valence-corrected chi connectivity index (χ1v) is 9.04. The van der Waals surface area contributed by atoms with Gasteiger partial charge in [-0.25, -0.2) is 8.42 Å². The van der Waals surface area contributed by atoms with Crippen molar-refractivity contribution in [2.45, 2.75) is 18.2 Å². The van der Waals surface area contributed by atoms with E-state index in [1.165, 1.54) is 6.26 Å². The number of nitrogens with zero attached hydrogens (tertiary/aromatic N) is 4. The van der Waals surface area contributed by atoms with Crippen molar-refractivity contribution < 1.29 is 8.42 Å². The van der Waals surface area contributed by atoms with E-state index < -0.39 is 9.84 Å². The number of rotatable bonds is 5. The number of hydrogen-bond acceptors (Lipinski definition) is 6. The van der Waals surface area contributed by atoms with Crippen LogP contribution in [0.3, 0.4) is 0 Å². The largest absolute Gasteiger partial charge is 0.368 e. The Labute approximate surface area is 134 Å². The van der Waals surface area contributed by atoms with Gasteiger partial charge in [-0.2, -0.15) is 4.52 Å². The van der Waals surface area contributed by atoms with Gasteiger partial charge in [0.2, 0.25) is 0 Å². The normalized spacial score (nSPS) is 11.7. The van der Waals surface area contributed by atoms with Gasteiger partial charge in [-0.15, -0.1) is 15.3 Å². The molecule has 0 bridgehead atoms. The molecule has 1 aromatic carbocycles. The lowest BCUT2D eigenvalue weighted by atomic mass is 10.1. The molecule has 120 valence electrons. The van der Waals surface area contributed by atoms with E-state index in [0.717, 1.165) is 23.6 Å². The quantitative estimate of drug-likeness (QED) is 0.762. The smallest absolute Gasteiger partial charge is 0.178 e. The second-order valence-corrected chi connectivity index (χ2v) is 7.34. The molecule has 0 atom stereocenters. The Kier molecular flexibility index (Phi) is 3.99. The molecule has 0 fully saturated rings. The summed E-state index contributed by atoms with van der Waals surface area (Å²) in [5, 5.41) is 15.6. The highest BCUT2D eigenvalue weighted by Gasteiger charge is 2.06. The van der Waals surface area contributed by atoms with Crippen LogP contribution in [0.2, 0.25) is 0 Å². The number of fused-ring (bicyclic) bond motifs is 1. The molecule has 0 saturated carbocycles. The van der Waals surface area contributed by atoms with E-state index in [1.54, 1.807) is 16.6 Å². The van der Waals surface area contributed by atoms with Crippen LogP contribution in [-0.2, 0) is 16.3 Å². The second-order valence-electron chi connectivity index (χ2n) is 5.33. The van der Waals surface area contributed by atoms with Gasteiger partial charge in [0.05, 0.1) is 4.90 Å². The zero-order valence-electron chi connectivity index (χ0n) is 12.9. The lowest BCUT2D eigenvalue weighted by molar-refractivity contribution is 0.602. The lowest BCUT2D eigenvalue weighted by Gasteiger charge is -2.06. The fraction of sp³-hybridized carbons (Fsp3) is 0.267. The van der Waals surface area contributed by atoms with Crippen LogP contribution in [0, 0.1) is 6.92 Å². The molecular weight excluding hydrogens is 314 g/mol. The van der Waals surface area contributed by atoms with Gasteiger partial charge in [0.1, 0.15) is 5.82 Å². The average Bonchev–Trinajstić information content (AvgIpc) is 2.88. The number of anilines is 1. The molecule has 3 aromatic rings. The van der Waals surface area contributed by atoms with Gasteiger partial charge in [-0.3, -0.25) is 0 Å². The molecule has 1 N–H and O–H groups in total. The standard InChI is InChI=1S/C15H17N5O2S/c1-11-17-18-15-8-7-14(19-20(11)15)16-10-9-12-3-5-13(6-4-12)23(2,21)22/h3-8H,9-10H2,1-2H3,(H,16,19). The number of hydrogen-bond donors (Lipinski definition) is 1. The highest BCUT2D eigenvalue weighted by molar-refractivity contribution is 7.90. The molecule has 7 nitrogen and oxygen atoms in total. The molecule has 8 heteroatoms. The van der Waals surface area contributed by atoms with Gasteiger partial charge in [-0.1, -0.05) is 12.1 Å². The van der Waals surface area contributed by atoms with Crippen LogP contribution in [-0.4, -0.2) is 41.0 Å². The topological polar surface area (TPSA) is 89.2 Å². The van der Waals surface area contributed by atoms with Crippen molar-refractivity contribution in [3.63, 3.8) is 0 Å². The average molecular weight is 331 g/mol. The third-order valence-corrected chi connectivity index (χ3v) is 4.62. The Bertz CT molecular complexity index is 932. The molecule has 2 aromatic heterocycles. The first-order chi connectivity index (χ1) is 10.9. The van der Waals surface area contributed by atoms with Crippen molar-refractivity contribution >= 4 is 21.3 Å². The van der Waals surface area contributed by atoms with Gasteiger partial charge in [0.15, 0.2) is 21.3 Å². The summed E-state index contributed by atoms with van der Waals surface area (Å²) in [6, 6.07) is 10.6. The molecule has 3 rings (SSSR count). The van der Waals surface area contributed by atoms with Crippen molar-refractivity contribution in [1.29, 1.82) is 0 Å². The summed E-state index contributed by atoms with van der Waals surface area (Å²) in [6.45, 7) is 2.54. The SMILES string of the molecule is Cc1nnc2ccc(NCCc3ccc(S(C)(=O)=O)cc3)nn12. The number of aromatic nitrogens is 4. The summed E-state index contributed by atoms with van der Waals surface area (Å²) in [5.74, 6) is 1.48. The highest BCUT2D eigenvalue weighted by atomic mass is 32.2. The van der Waals surface area contributed by atoms with E-state index >= 15 is 0 Å². The minimum Gasteiger partial charge on any atom is -0.368 e. The minimum absolute atomic E-state index is 0.337. The number of sulfone groups is 1. The predicted molar refractivity (Wildman–Crippen MR) is 87.3 cm³/mol. The van der Waals surface area contributed by atoms with E-state index in [2.05, 4.69) is 20.6 Å². The molecule has 0 aliphatic carbocycles. The van der Waals surface area contributed by atoms with Crippen molar-refractivity contribution in [3.8, 4) is 0 Å². The Morgan fingerprint density at radius 2 is 1.83 bits per heavy atom. The molecule has 2 heterocycles. The van der Waals surface area contributed by atoms with Crippen LogP contribution in [0.5, 0.6) is 0 Å². The van der Waals surface area contributed by atoms with Crippen molar-refractivity contribution in [3.05, 3.63) is 47.8 Å². The van der Waals surface area contributed by atoms with E-state index in [9.17, 15) is 8.42 Å². The summed E-state index contributed by atoms with van der Waals surface area (Å²) in [7, 11) is -3.14. The molecule has 0 saturated heterocycles. The predicted octanol–water partition coefficient (Wildman–Crippen LogP) is 1.49. The summed E-state index contributed by atoms with van der Waals surface area (Å²) >= 11 is 0. The minimum atomic E-state index is -3.14. The molecule has 0 spiro atoms. The summed E-state index contributed by atoms with van der Waals surface area (Å²) in [4.78, 5) is 0.337. The number of aryl methyl sites for hydroxylation is 1. The fourth-order valence-electron chi connectivity index (χ4n) is 2.23. The Balaban J connectivity index is 1.63. The van der Waals surface area contributed by atoms with Crippen molar-refractivity contribution in [1.82, 2.24) is 19.8 Å². The van der Waals surface area contributed by atoms with Crippen LogP contribution in [0.4, 0.5) is 5.82 Å². The first kappa shape index (κ1) is 15.4. The van der Waals surface area contributed by atoms with Gasteiger partial charge in [0, 0.05) is 12.8 Å². The molecular formula is C15H17N5O2S. The Morgan fingerprint density at radius 1 is 1.09 bits per heavy atom. The monoisotopic (exact) mass is 331 g/mol. The lowest BCUT2D eigenvalue weighted by Crippen LogP contribution is -2.08. The van der Waals surface area contributed by atoms with Crippen LogP contribution >= 0.6 is 0 Å². The highest BCUT2D eigenvalue weighted by Crippen LogP contribution is 2.11. The zero-order chi connectivity index (χ0) is 16.4. The first-order valence-electron chi connectivity index (χ1n) is 7.15. The second kappa shape index (κ2) is 5.96. The molecule has 0 aliphatic heterocycles. The Hall–Kier alpha value is -2.48. The third-order valence-electron chi connectivity index (χ3n) is 3.49. The van der Waals surface area contributed by atoms with E-state index in [4.69, 9.17) is 0 Å². The Morgan fingerprint density at radius 3 is 2.52 bits per heavy atom. The van der Waals surface area contributed by atoms with Crippen LogP contribution in [0.1, 0.15) is 11.4 Å². The number of nitrogens with one attached hydrogen (secondary N) is 1. The third kappa shape index (κ3) is 3.48. The van der Waals surface area contributed by atoms with Gasteiger partial charge in [0.25, 0.3) is 0 Å². The zero-order valence-corrected chi connectivity index (χ0v) is 13.7. The summed E-state index contributed by atoms with van der Waals surface area (Å²) < 4.78 is 24.5. The van der Waals surface area contributed by atoms with Crippen molar-refractivity contribution in [2.75, 3.05) is 18.1 Å². The van der Waals surface area contributed by atoms with Crippen LogP contribution < -0.4 is 5.32 Å². The van der Waals surface area contributed by atoms with Gasteiger partial charge < -0.3 is 5.32 Å². The molecule has 23 heavy (non-hydrogen) atoms. The summed E-state index contributed by atoms with van der Waals surface area (Å²) in [6.07, 6.45) is 1.98. The van der Waals surface area contributed by atoms with E-state index in [-0.39, 0.29) is 0 Å². The number of benzene rings is 1. The maximum absolute atomic E-state index is 11.4. The molecule has 0 radical (unpaired) electrons. The fourth-order valence-corrected chi connectivity index (χ4v) is 2.86. The maximum Gasteiger partial charge on any atom is 0.178 e. The molecule has 0 unspecified atom stereocenters. The molecule has 0 amide bonds. The van der Waals surface area contributed by atoms with Gasteiger partial charge >= 0.3 is 0 Å². The molecule has 0 aliphatic rings.